The summed E-state index contributed by atoms with van der Waals surface area (Å²) >= 11 is 0. The number of nitrogens with one attached hydrogen (secondary N) is 4. The molecule has 1 heterocycles. The van der Waals surface area contributed by atoms with Gasteiger partial charge in [-0.1, -0.05) is 42.5 Å². The molecule has 0 unspecified atom stereocenters. The largest absolute Gasteiger partial charge is 0.444 e. The third kappa shape index (κ3) is 6.27. The molecule has 4 N–H and O–H groups in total. The summed E-state index contributed by atoms with van der Waals surface area (Å²) in [5, 5.41) is 16.7. The van der Waals surface area contributed by atoms with E-state index in [-0.39, 0.29) is 6.04 Å². The molecule has 1 aromatic heterocycles. The fourth-order valence-corrected chi connectivity index (χ4v) is 2.96. The fourth-order valence-electron chi connectivity index (χ4n) is 2.96. The highest BCUT2D eigenvalue weighted by atomic mass is 16.6. The number of aromatic amines is 1. The Kier molecular flexibility index (Phi) is 6.61. The molecule has 7 nitrogen and oxygen atoms in total. The zero-order valence-electron chi connectivity index (χ0n) is 17.8. The highest BCUT2D eigenvalue weighted by Gasteiger charge is 2.16. The van der Waals surface area contributed by atoms with E-state index in [0.29, 0.717) is 12.2 Å². The Balaban J connectivity index is 1.59. The first-order chi connectivity index (χ1) is 14.3. The van der Waals surface area contributed by atoms with Crippen molar-refractivity contribution in [2.24, 2.45) is 0 Å². The van der Waals surface area contributed by atoms with Gasteiger partial charge in [0.2, 0.25) is 0 Å². The monoisotopic (exact) mass is 407 g/mol. The molecule has 0 saturated carbocycles. The second-order valence-corrected chi connectivity index (χ2v) is 8.12. The van der Waals surface area contributed by atoms with Gasteiger partial charge < -0.3 is 15.4 Å². The number of ether oxygens (including phenoxy) is 1. The first kappa shape index (κ1) is 21.2. The molecule has 1 amide bonds. The van der Waals surface area contributed by atoms with E-state index in [4.69, 9.17) is 4.74 Å². The molecule has 3 aromatic rings. The average molecular weight is 408 g/mol. The topological polar surface area (TPSA) is 91.1 Å². The maximum Gasteiger partial charge on any atom is 0.412 e. The number of aromatic nitrogens is 2. The Morgan fingerprint density at radius 1 is 1.13 bits per heavy atom. The highest BCUT2D eigenvalue weighted by Crippen LogP contribution is 2.25. The van der Waals surface area contributed by atoms with Gasteiger partial charge in [0.15, 0.2) is 0 Å². The van der Waals surface area contributed by atoms with Gasteiger partial charge in [0.05, 0.1) is 11.9 Å². The smallest absolute Gasteiger partial charge is 0.412 e. The SMILES string of the molecule is C[C@H](Nc1cn[nH]c1NCc1cccc(NC(=O)OC(C)(C)C)c1)c1ccccc1. The van der Waals surface area contributed by atoms with Crippen LogP contribution in [0.15, 0.2) is 60.8 Å². The molecule has 0 radical (unpaired) electrons. The van der Waals surface area contributed by atoms with Crippen LogP contribution < -0.4 is 16.0 Å². The van der Waals surface area contributed by atoms with Gasteiger partial charge >= 0.3 is 6.09 Å². The van der Waals surface area contributed by atoms with Gasteiger partial charge in [0, 0.05) is 18.3 Å². The molecule has 0 aliphatic carbocycles. The van der Waals surface area contributed by atoms with Crippen LogP contribution >= 0.6 is 0 Å². The lowest BCUT2D eigenvalue weighted by molar-refractivity contribution is 0.0636. The van der Waals surface area contributed by atoms with E-state index in [1.54, 1.807) is 6.20 Å². The van der Waals surface area contributed by atoms with E-state index in [0.717, 1.165) is 17.1 Å². The van der Waals surface area contributed by atoms with Gasteiger partial charge in [-0.25, -0.2) is 4.79 Å². The number of anilines is 3. The minimum atomic E-state index is -0.538. The van der Waals surface area contributed by atoms with Crippen LogP contribution in [0.1, 0.15) is 44.9 Å². The van der Waals surface area contributed by atoms with E-state index >= 15 is 0 Å². The number of hydrogen-bond acceptors (Lipinski definition) is 5. The molecule has 1 atom stereocenters. The van der Waals surface area contributed by atoms with E-state index in [1.165, 1.54) is 5.56 Å². The van der Waals surface area contributed by atoms with Gasteiger partial charge in [0.25, 0.3) is 0 Å². The molecule has 0 aliphatic rings. The van der Waals surface area contributed by atoms with Gasteiger partial charge in [-0.3, -0.25) is 10.4 Å². The maximum atomic E-state index is 12.0. The van der Waals surface area contributed by atoms with Gasteiger partial charge in [0.1, 0.15) is 11.4 Å². The molecule has 30 heavy (non-hydrogen) atoms. The van der Waals surface area contributed by atoms with E-state index in [9.17, 15) is 4.79 Å². The molecule has 0 saturated heterocycles. The van der Waals surface area contributed by atoms with Crippen molar-refractivity contribution < 1.29 is 9.53 Å². The van der Waals surface area contributed by atoms with Crippen LogP contribution in [0.2, 0.25) is 0 Å². The molecule has 3 rings (SSSR count). The van der Waals surface area contributed by atoms with Crippen molar-refractivity contribution in [3.8, 4) is 0 Å². The van der Waals surface area contributed by atoms with Gasteiger partial charge in [-0.05, 0) is 51.0 Å². The first-order valence-electron chi connectivity index (χ1n) is 9.98. The average Bonchev–Trinajstić information content (AvgIpc) is 3.12. The fraction of sp³-hybridized carbons (Fsp3) is 0.304. The Morgan fingerprint density at radius 3 is 2.63 bits per heavy atom. The van der Waals surface area contributed by atoms with Crippen LogP contribution in [0, 0.1) is 0 Å². The number of rotatable bonds is 7. The number of H-pyrrole nitrogens is 1. The van der Waals surface area contributed by atoms with Crippen molar-refractivity contribution in [1.29, 1.82) is 0 Å². The standard InChI is InChI=1S/C23H29N5O2/c1-16(18-10-6-5-7-11-18)26-20-15-25-28-21(20)24-14-17-9-8-12-19(13-17)27-22(29)30-23(2,3)4/h5-13,15-16,26H,14H2,1-4H3,(H,27,29)(H2,24,25,28)/t16-/m0/s1. The third-order valence-electron chi connectivity index (χ3n) is 4.35. The lowest BCUT2D eigenvalue weighted by atomic mass is 10.1. The van der Waals surface area contributed by atoms with Crippen LogP contribution in [0.25, 0.3) is 0 Å². The highest BCUT2D eigenvalue weighted by molar-refractivity contribution is 5.85. The number of nitrogens with zero attached hydrogens (tertiary/aromatic N) is 1. The first-order valence-corrected chi connectivity index (χ1v) is 9.98. The Morgan fingerprint density at radius 2 is 1.90 bits per heavy atom. The molecular formula is C23H29N5O2. The summed E-state index contributed by atoms with van der Waals surface area (Å²) in [6.45, 7) is 8.18. The summed E-state index contributed by atoms with van der Waals surface area (Å²) in [4.78, 5) is 12.0. The maximum absolute atomic E-state index is 12.0. The molecule has 0 bridgehead atoms. The van der Waals surface area contributed by atoms with Crippen LogP contribution in [-0.4, -0.2) is 21.9 Å². The number of carbonyl (C=O) groups is 1. The van der Waals surface area contributed by atoms with Crippen molar-refractivity contribution in [3.63, 3.8) is 0 Å². The second kappa shape index (κ2) is 9.35. The summed E-state index contributed by atoms with van der Waals surface area (Å²) in [7, 11) is 0. The summed E-state index contributed by atoms with van der Waals surface area (Å²) in [5.41, 5.74) is 3.26. The van der Waals surface area contributed by atoms with Crippen LogP contribution in [0.3, 0.4) is 0 Å². The quantitative estimate of drug-likeness (QED) is 0.413. The van der Waals surface area contributed by atoms with E-state index < -0.39 is 11.7 Å². The number of amides is 1. The lowest BCUT2D eigenvalue weighted by Crippen LogP contribution is -2.27. The Bertz CT molecular complexity index is 963. The van der Waals surface area contributed by atoms with Crippen LogP contribution in [-0.2, 0) is 11.3 Å². The zero-order valence-corrected chi connectivity index (χ0v) is 17.8. The minimum absolute atomic E-state index is 0.144. The van der Waals surface area contributed by atoms with Crippen LogP contribution in [0.4, 0.5) is 22.0 Å². The third-order valence-corrected chi connectivity index (χ3v) is 4.35. The van der Waals surface area contributed by atoms with Crippen molar-refractivity contribution in [1.82, 2.24) is 10.2 Å². The van der Waals surface area contributed by atoms with Crippen molar-refractivity contribution in [3.05, 3.63) is 71.9 Å². The number of benzene rings is 2. The predicted octanol–water partition coefficient (Wildman–Crippen LogP) is 5.54. The Hall–Kier alpha value is -3.48. The summed E-state index contributed by atoms with van der Waals surface area (Å²) in [6, 6.07) is 18.0. The summed E-state index contributed by atoms with van der Waals surface area (Å²) in [5.74, 6) is 0.809. The van der Waals surface area contributed by atoms with E-state index in [1.807, 2.05) is 63.2 Å². The molecule has 158 valence electrons. The van der Waals surface area contributed by atoms with Crippen molar-refractivity contribution >= 4 is 23.3 Å². The number of hydrogen-bond donors (Lipinski definition) is 4. The molecule has 0 spiro atoms. The minimum Gasteiger partial charge on any atom is -0.444 e. The Labute approximate surface area is 177 Å². The molecule has 2 aromatic carbocycles. The predicted molar refractivity (Wildman–Crippen MR) is 121 cm³/mol. The molecule has 7 heteroatoms. The summed E-state index contributed by atoms with van der Waals surface area (Å²) < 4.78 is 5.30. The van der Waals surface area contributed by atoms with Gasteiger partial charge in [-0.15, -0.1) is 0 Å². The number of carbonyl (C=O) groups excluding carboxylic acids is 1. The van der Waals surface area contributed by atoms with Crippen molar-refractivity contribution in [2.45, 2.75) is 45.9 Å². The van der Waals surface area contributed by atoms with E-state index in [2.05, 4.69) is 45.2 Å². The molecule has 0 fully saturated rings. The van der Waals surface area contributed by atoms with Crippen LogP contribution in [0.5, 0.6) is 0 Å². The zero-order chi connectivity index (χ0) is 21.6. The van der Waals surface area contributed by atoms with Crippen molar-refractivity contribution in [2.75, 3.05) is 16.0 Å². The molecular weight excluding hydrogens is 378 g/mol. The van der Waals surface area contributed by atoms with Gasteiger partial charge in [-0.2, -0.15) is 5.10 Å². The second-order valence-electron chi connectivity index (χ2n) is 8.12. The molecule has 0 aliphatic heterocycles. The lowest BCUT2D eigenvalue weighted by Gasteiger charge is -2.19. The normalized spacial score (nSPS) is 12.1. The summed E-state index contributed by atoms with van der Waals surface area (Å²) in [6.07, 6.45) is 1.30.